The van der Waals surface area contributed by atoms with Gasteiger partial charge >= 0.3 is 25.4 Å². The Labute approximate surface area is 782 Å². The van der Waals surface area contributed by atoms with Crippen LogP contribution in [0, 0.1) is 0 Å². The fourth-order valence-corrected chi connectivity index (χ4v) is 17.0. The quantitative estimate of drug-likeness (QED) is 0.0487. The predicted molar refractivity (Wildman–Crippen MR) is 505 cm³/mol. The Morgan fingerprint density at radius 1 is 0.511 bits per heavy atom. The number of nitrogens with zero attached hydrogens (tertiary/aromatic N) is 16. The standard InChI is InChI=1S/C32H37N7O4.C24H30ClN5O4.C14H19BN2O2.C12H12BrClN2O3.C12H19N3O/c1-32(2,3)43-31(41)39-16-23-27(30(39)40)24(15-34-28(23)21-9-12-33-29-22(21)10-13-38(29)6)35-26-8-7-20(19-11-14-42-18-19)25(36-26)17-37(4)5;1-24(2,3)34-23(32)30-11-16-20(22(30)31)17(10-26-21(16)25)27-19-7-6-15(14-8-9-33-13-14)18(28-19)12-29(4)5;1-13(2)14(3,4)19-15(18-13)11-6-8-16-12-10(11)7-9-17(12)5;1-12(2,3)19-11(18)16-5-6-8(10(16)17)7(13)4-15-9(6)14;1-15(2)7-11-10(3-4-12(13)14-11)9-5-6-16-8-9/h7-10,12-13,15,19H,11,14,16-18H2,1-6H3,(H,35,36);6-7,10,14H,8-9,11-13H2,1-5H3,(H,27,28);6-9H,1-5H3;4H,5H2,1-3H3;3-4,9H,5-8H2,1-2H3,(H2,13,14). The summed E-state index contributed by atoms with van der Waals surface area (Å²) in [5.41, 5.74) is 17.5. The van der Waals surface area contributed by atoms with Gasteiger partial charge < -0.3 is 77.9 Å². The highest BCUT2D eigenvalue weighted by atomic mass is 79.9. The third kappa shape index (κ3) is 22.8. The van der Waals surface area contributed by atoms with Crippen LogP contribution in [0.4, 0.5) is 43.2 Å². The molecule has 3 atom stereocenters. The number of nitrogen functional groups attached to an aromatic ring is 1. The maximum atomic E-state index is 13.9. The molecule has 0 bridgehead atoms. The van der Waals surface area contributed by atoms with Crippen molar-refractivity contribution in [2.24, 2.45) is 14.1 Å². The van der Waals surface area contributed by atoms with Crippen molar-refractivity contribution in [3.05, 3.63) is 186 Å². The minimum atomic E-state index is -0.755. The number of carbonyl (C=O) groups is 6. The Morgan fingerprint density at radius 3 is 1.32 bits per heavy atom. The van der Waals surface area contributed by atoms with Crippen LogP contribution in [0.25, 0.3) is 33.3 Å². The number of fused-ring (bicyclic) bond motifs is 5. The van der Waals surface area contributed by atoms with E-state index in [1.165, 1.54) is 29.1 Å². The molecule has 0 spiro atoms. The molecule has 4 N–H and O–H groups in total. The molecule has 37 heteroatoms. The van der Waals surface area contributed by atoms with Crippen molar-refractivity contribution in [2.45, 2.75) is 194 Å². The van der Waals surface area contributed by atoms with Gasteiger partial charge in [-0.3, -0.25) is 19.4 Å². The molecule has 4 saturated heterocycles. The van der Waals surface area contributed by atoms with Gasteiger partial charge in [0.2, 0.25) is 0 Å². The molecule has 696 valence electrons. The number of pyridine rings is 8. The molecule has 10 aromatic rings. The third-order valence-corrected chi connectivity index (χ3v) is 24.2. The van der Waals surface area contributed by atoms with Gasteiger partial charge in [-0.25, -0.2) is 64.0 Å². The monoisotopic (exact) mass is 1900 g/mol. The van der Waals surface area contributed by atoms with Crippen LogP contribution in [0.5, 0.6) is 0 Å². The molecule has 0 aliphatic carbocycles. The van der Waals surface area contributed by atoms with Crippen molar-refractivity contribution in [3.8, 4) is 11.3 Å². The average Bonchev–Trinajstić information content (AvgIpc) is 1.61. The number of nitrogens with two attached hydrogens (primary N) is 1. The van der Waals surface area contributed by atoms with Crippen LogP contribution in [0.3, 0.4) is 0 Å². The molecule has 10 aromatic heterocycles. The molecule has 17 rings (SSSR count). The van der Waals surface area contributed by atoms with Crippen molar-refractivity contribution in [1.82, 2.24) is 78.4 Å². The Kier molecular flexibility index (Phi) is 29.9. The van der Waals surface area contributed by atoms with E-state index in [9.17, 15) is 28.8 Å². The lowest BCUT2D eigenvalue weighted by molar-refractivity contribution is 0.00578. The summed E-state index contributed by atoms with van der Waals surface area (Å²) in [6.07, 6.45) is 13.0. The fourth-order valence-electron chi connectivity index (χ4n) is 16.1. The maximum Gasteiger partial charge on any atom is 0.495 e. The summed E-state index contributed by atoms with van der Waals surface area (Å²) >= 11 is 15.5. The summed E-state index contributed by atoms with van der Waals surface area (Å²) in [7, 11) is 15.7. The van der Waals surface area contributed by atoms with E-state index in [1.54, 1.807) is 74.7 Å². The number of anilines is 5. The molecule has 0 saturated carbocycles. The fraction of sp³-hybridized carbons (Fsp3) is 0.468. The molecule has 6 amide bonds. The molecular formula is C94H117BBrCl2N19O14. The van der Waals surface area contributed by atoms with Crippen LogP contribution in [0.1, 0.15) is 209 Å². The summed E-state index contributed by atoms with van der Waals surface area (Å²) in [6.45, 7) is 30.9. The van der Waals surface area contributed by atoms with Crippen molar-refractivity contribution in [2.75, 3.05) is 98.3 Å². The number of hydrogen-bond donors (Lipinski definition) is 3. The van der Waals surface area contributed by atoms with Gasteiger partial charge in [-0.2, -0.15) is 0 Å². The molecule has 33 nitrogen and oxygen atoms in total. The van der Waals surface area contributed by atoms with Gasteiger partial charge in [0.25, 0.3) is 17.7 Å². The number of hydrogen-bond acceptors (Lipinski definition) is 28. The lowest BCUT2D eigenvalue weighted by Crippen LogP contribution is -2.41. The Morgan fingerprint density at radius 2 is 0.893 bits per heavy atom. The first-order valence-corrected chi connectivity index (χ1v) is 45.1. The summed E-state index contributed by atoms with van der Waals surface area (Å²) in [5.74, 6) is 1.53. The second kappa shape index (κ2) is 40.0. The van der Waals surface area contributed by atoms with E-state index in [-0.39, 0.29) is 48.3 Å². The number of aryl methyl sites for hydroxylation is 2. The average molecular weight is 1900 g/mol. The zero-order chi connectivity index (χ0) is 94.8. The second-order valence-corrected chi connectivity index (χ2v) is 39.7. The van der Waals surface area contributed by atoms with Crippen LogP contribution in [0.2, 0.25) is 10.3 Å². The van der Waals surface area contributed by atoms with Gasteiger partial charge in [0, 0.05) is 140 Å². The van der Waals surface area contributed by atoms with Gasteiger partial charge in [-0.1, -0.05) is 41.4 Å². The molecule has 0 aromatic carbocycles. The van der Waals surface area contributed by atoms with Gasteiger partial charge in [0.05, 0.1) is 114 Å². The summed E-state index contributed by atoms with van der Waals surface area (Å²) < 4.78 is 49.5. The lowest BCUT2D eigenvalue weighted by atomic mass is 9.78. The van der Waals surface area contributed by atoms with E-state index in [2.05, 4.69) is 118 Å². The van der Waals surface area contributed by atoms with Crippen LogP contribution in [-0.2, 0) is 91.1 Å². The Bertz CT molecular complexity index is 5940. The smallest absolute Gasteiger partial charge is 0.443 e. The first-order valence-electron chi connectivity index (χ1n) is 43.5. The number of halogens is 3. The number of amides is 6. The number of imide groups is 3. The Hall–Kier alpha value is -10.7. The molecular weight excluding hydrogens is 1780 g/mol. The summed E-state index contributed by atoms with van der Waals surface area (Å²) in [4.78, 5) is 123. The predicted octanol–water partition coefficient (Wildman–Crippen LogP) is 16.1. The molecule has 0 radical (unpaired) electrons. The first-order chi connectivity index (χ1) is 61.7. The van der Waals surface area contributed by atoms with E-state index < -0.39 is 52.8 Å². The molecule has 17 heterocycles. The number of rotatable bonds is 15. The lowest BCUT2D eigenvalue weighted by Gasteiger charge is -2.32. The van der Waals surface area contributed by atoms with E-state index in [0.717, 1.165) is 117 Å². The van der Waals surface area contributed by atoms with Crippen molar-refractivity contribution in [1.29, 1.82) is 0 Å². The highest BCUT2D eigenvalue weighted by Gasteiger charge is 2.53. The number of nitrogens with one attached hydrogen (secondary N) is 2. The molecule has 7 aliphatic heterocycles. The number of ether oxygens (including phenoxy) is 6. The van der Waals surface area contributed by atoms with Crippen molar-refractivity contribution < 1.29 is 66.5 Å². The topological polar surface area (TPSA) is 359 Å². The second-order valence-electron chi connectivity index (χ2n) is 38.1. The SMILES string of the molecule is CC(C)(C)OC(=O)N1Cc2c(Cl)ncc(Br)c2C1=O.CN(C)Cc1nc(N)ccc1C1CCOC1.CN(C)Cc1nc(Nc2cnc(-c3ccnc4c3ccn4C)c3c2C(=O)N(C(=O)OC(C)(C)C)C3)ccc1C1CCOC1.CN(C)Cc1nc(Nc2cnc(Cl)c3c2C(=O)N(C(=O)OC(C)(C)C)C3)ccc1C1CCOC1.Cn1ccc2c(B3OC(C)(C)C(C)(C)O3)ccnc21. The van der Waals surface area contributed by atoms with E-state index in [4.69, 9.17) is 81.6 Å². The minimum Gasteiger partial charge on any atom is -0.443 e. The number of carbonyl (C=O) groups excluding carboxylic acids is 6. The van der Waals surface area contributed by atoms with E-state index in [1.807, 2.05) is 121 Å². The number of aromatic nitrogens is 10. The zero-order valence-electron chi connectivity index (χ0n) is 78.3. The largest absolute Gasteiger partial charge is 0.495 e. The van der Waals surface area contributed by atoms with E-state index in [0.29, 0.717) is 116 Å². The van der Waals surface area contributed by atoms with Crippen molar-refractivity contribution in [3.63, 3.8) is 0 Å². The van der Waals surface area contributed by atoms with Crippen LogP contribution in [-0.4, -0.2) is 231 Å². The zero-order valence-corrected chi connectivity index (χ0v) is 81.4. The van der Waals surface area contributed by atoms with Crippen LogP contribution < -0.4 is 21.8 Å². The molecule has 4 fully saturated rings. The van der Waals surface area contributed by atoms with Gasteiger partial charge in [-0.05, 0) is 232 Å². The Balaban J connectivity index is 0.000000147. The first kappa shape index (κ1) is 97.8. The van der Waals surface area contributed by atoms with E-state index >= 15 is 0 Å². The van der Waals surface area contributed by atoms with Gasteiger partial charge in [0.1, 0.15) is 55.9 Å². The van der Waals surface area contributed by atoms with Crippen LogP contribution >= 0.6 is 39.1 Å². The minimum absolute atomic E-state index is 0.00432. The third-order valence-electron chi connectivity index (χ3n) is 23.0. The van der Waals surface area contributed by atoms with Gasteiger partial charge in [-0.15, -0.1) is 0 Å². The van der Waals surface area contributed by atoms with Gasteiger partial charge in [0.15, 0.2) is 0 Å². The van der Waals surface area contributed by atoms with Crippen molar-refractivity contribution >= 4 is 139 Å². The van der Waals surface area contributed by atoms with Crippen LogP contribution in [0.15, 0.2) is 109 Å². The highest BCUT2D eigenvalue weighted by molar-refractivity contribution is 9.10. The summed E-state index contributed by atoms with van der Waals surface area (Å²) in [6, 6.07) is 19.8. The summed E-state index contributed by atoms with van der Waals surface area (Å²) in [5, 5.41) is 8.97. The molecule has 131 heavy (non-hydrogen) atoms. The molecule has 7 aliphatic rings. The highest BCUT2D eigenvalue weighted by Crippen LogP contribution is 2.44. The molecule has 3 unspecified atom stereocenters. The maximum absolute atomic E-state index is 13.9. The normalized spacial score (nSPS) is 17.9.